The van der Waals surface area contributed by atoms with E-state index >= 15 is 0 Å². The molecule has 1 fully saturated rings. The number of hydrogen-bond donors (Lipinski definition) is 1. The maximum Gasteiger partial charge on any atom is 0.262 e. The molecular formula is C29H27N3O3. The van der Waals surface area contributed by atoms with Crippen LogP contribution in [0.5, 0.6) is 5.75 Å². The molecule has 1 aliphatic heterocycles. The standard InChI is InChI=1S/C29H27N3O3/c33-28(21-35-27-12-6-10-22-7-4-5-11-26(22)27)30-24-13-15-25(16-14-24)31-17-19-32(20-18-31)29(34)23-8-2-1-3-9-23/h1-16H,17-21H2,(H,30,33). The summed E-state index contributed by atoms with van der Waals surface area (Å²) in [7, 11) is 0. The molecule has 6 nitrogen and oxygen atoms in total. The molecule has 6 heteroatoms. The molecule has 1 heterocycles. The minimum absolute atomic E-state index is 0.0623. The number of amides is 2. The largest absolute Gasteiger partial charge is 0.483 e. The van der Waals surface area contributed by atoms with Crippen LogP contribution in [0.1, 0.15) is 10.4 Å². The molecule has 1 aliphatic rings. The van der Waals surface area contributed by atoms with E-state index in [-0.39, 0.29) is 18.4 Å². The predicted molar refractivity (Wildman–Crippen MR) is 139 cm³/mol. The van der Waals surface area contributed by atoms with E-state index < -0.39 is 0 Å². The summed E-state index contributed by atoms with van der Waals surface area (Å²) >= 11 is 0. The monoisotopic (exact) mass is 465 g/mol. The summed E-state index contributed by atoms with van der Waals surface area (Å²) in [6, 6.07) is 30.9. The van der Waals surface area contributed by atoms with Gasteiger partial charge in [0.1, 0.15) is 5.75 Å². The van der Waals surface area contributed by atoms with E-state index in [1.165, 1.54) is 0 Å². The molecule has 0 bridgehead atoms. The zero-order valence-electron chi connectivity index (χ0n) is 19.4. The lowest BCUT2D eigenvalue weighted by Gasteiger charge is -2.36. The highest BCUT2D eigenvalue weighted by Crippen LogP contribution is 2.25. The van der Waals surface area contributed by atoms with Crippen LogP contribution in [0.2, 0.25) is 0 Å². The third-order valence-electron chi connectivity index (χ3n) is 6.21. The second kappa shape index (κ2) is 10.3. The van der Waals surface area contributed by atoms with Crippen molar-refractivity contribution in [3.05, 3.63) is 103 Å². The van der Waals surface area contributed by atoms with Crippen LogP contribution in [0.3, 0.4) is 0 Å². The number of fused-ring (bicyclic) bond motifs is 1. The Hall–Kier alpha value is -4.32. The molecular weight excluding hydrogens is 438 g/mol. The molecule has 0 saturated carbocycles. The van der Waals surface area contributed by atoms with Gasteiger partial charge in [0.15, 0.2) is 6.61 Å². The van der Waals surface area contributed by atoms with Crippen molar-refractivity contribution in [2.24, 2.45) is 0 Å². The topological polar surface area (TPSA) is 61.9 Å². The first-order valence-corrected chi connectivity index (χ1v) is 11.8. The number of anilines is 2. The highest BCUT2D eigenvalue weighted by molar-refractivity contribution is 5.94. The minimum atomic E-state index is -0.210. The van der Waals surface area contributed by atoms with Gasteiger partial charge in [0, 0.05) is 48.5 Å². The Morgan fingerprint density at radius 2 is 1.43 bits per heavy atom. The Morgan fingerprint density at radius 1 is 0.743 bits per heavy atom. The molecule has 5 rings (SSSR count). The average molecular weight is 466 g/mol. The van der Waals surface area contributed by atoms with Gasteiger partial charge in [0.2, 0.25) is 0 Å². The summed E-state index contributed by atoms with van der Waals surface area (Å²) in [6.07, 6.45) is 0. The summed E-state index contributed by atoms with van der Waals surface area (Å²) < 4.78 is 5.78. The van der Waals surface area contributed by atoms with Gasteiger partial charge in [-0.25, -0.2) is 0 Å². The number of rotatable bonds is 6. The van der Waals surface area contributed by atoms with Crippen molar-refractivity contribution in [1.82, 2.24) is 4.90 Å². The molecule has 176 valence electrons. The lowest BCUT2D eigenvalue weighted by atomic mass is 10.1. The van der Waals surface area contributed by atoms with Crippen LogP contribution in [0, 0.1) is 0 Å². The first-order valence-electron chi connectivity index (χ1n) is 11.8. The van der Waals surface area contributed by atoms with Gasteiger partial charge in [-0.05, 0) is 47.9 Å². The van der Waals surface area contributed by atoms with Crippen molar-refractivity contribution < 1.29 is 14.3 Å². The fourth-order valence-electron chi connectivity index (χ4n) is 4.35. The van der Waals surface area contributed by atoms with Crippen LogP contribution in [0.15, 0.2) is 97.1 Å². The quantitative estimate of drug-likeness (QED) is 0.444. The lowest BCUT2D eigenvalue weighted by molar-refractivity contribution is -0.118. The van der Waals surface area contributed by atoms with E-state index in [2.05, 4.69) is 10.2 Å². The van der Waals surface area contributed by atoms with Crippen LogP contribution in [-0.2, 0) is 4.79 Å². The fraction of sp³-hybridized carbons (Fsp3) is 0.172. The van der Waals surface area contributed by atoms with Crippen LogP contribution in [0.25, 0.3) is 10.8 Å². The Balaban J connectivity index is 1.12. The van der Waals surface area contributed by atoms with E-state index in [1.807, 2.05) is 102 Å². The molecule has 1 saturated heterocycles. The van der Waals surface area contributed by atoms with E-state index in [0.717, 1.165) is 40.8 Å². The molecule has 0 unspecified atom stereocenters. The summed E-state index contributed by atoms with van der Waals surface area (Å²) in [5.41, 5.74) is 2.52. The zero-order chi connectivity index (χ0) is 24.0. The summed E-state index contributed by atoms with van der Waals surface area (Å²) in [4.78, 5) is 29.3. The van der Waals surface area contributed by atoms with Gasteiger partial charge in [0.25, 0.3) is 11.8 Å². The highest BCUT2D eigenvalue weighted by atomic mass is 16.5. The maximum absolute atomic E-state index is 12.7. The SMILES string of the molecule is O=C(COc1cccc2ccccc12)Nc1ccc(N2CCN(C(=O)c3ccccc3)CC2)cc1. The van der Waals surface area contributed by atoms with Gasteiger partial charge < -0.3 is 19.9 Å². The molecule has 2 amide bonds. The Labute approximate surface area is 204 Å². The van der Waals surface area contributed by atoms with Crippen molar-refractivity contribution in [3.63, 3.8) is 0 Å². The number of carbonyl (C=O) groups excluding carboxylic acids is 2. The number of hydrogen-bond acceptors (Lipinski definition) is 4. The molecule has 0 atom stereocenters. The molecule has 4 aromatic rings. The Kier molecular flexibility index (Phi) is 6.61. The van der Waals surface area contributed by atoms with Crippen molar-refractivity contribution in [3.8, 4) is 5.75 Å². The third-order valence-corrected chi connectivity index (χ3v) is 6.21. The number of benzene rings is 4. The van der Waals surface area contributed by atoms with Crippen LogP contribution < -0.4 is 15.0 Å². The predicted octanol–water partition coefficient (Wildman–Crippen LogP) is 4.82. The van der Waals surface area contributed by atoms with Gasteiger partial charge in [-0.1, -0.05) is 54.6 Å². The third kappa shape index (κ3) is 5.27. The Bertz CT molecular complexity index is 1310. The van der Waals surface area contributed by atoms with Crippen molar-refractivity contribution in [2.75, 3.05) is 43.0 Å². The second-order valence-corrected chi connectivity index (χ2v) is 8.51. The average Bonchev–Trinajstić information content (AvgIpc) is 2.92. The highest BCUT2D eigenvalue weighted by Gasteiger charge is 2.22. The van der Waals surface area contributed by atoms with Crippen LogP contribution >= 0.6 is 0 Å². The smallest absolute Gasteiger partial charge is 0.262 e. The van der Waals surface area contributed by atoms with Gasteiger partial charge in [-0.2, -0.15) is 0 Å². The molecule has 0 spiro atoms. The molecule has 1 N–H and O–H groups in total. The Morgan fingerprint density at radius 3 is 2.20 bits per heavy atom. The van der Waals surface area contributed by atoms with E-state index in [0.29, 0.717) is 18.8 Å². The van der Waals surface area contributed by atoms with E-state index in [9.17, 15) is 9.59 Å². The molecule has 0 radical (unpaired) electrons. The summed E-state index contributed by atoms with van der Waals surface area (Å²) in [6.45, 7) is 2.83. The first kappa shape index (κ1) is 22.5. The zero-order valence-corrected chi connectivity index (χ0v) is 19.4. The summed E-state index contributed by atoms with van der Waals surface area (Å²) in [5.74, 6) is 0.561. The minimum Gasteiger partial charge on any atom is -0.483 e. The number of ether oxygens (including phenoxy) is 1. The second-order valence-electron chi connectivity index (χ2n) is 8.51. The van der Waals surface area contributed by atoms with Crippen molar-refractivity contribution in [1.29, 1.82) is 0 Å². The van der Waals surface area contributed by atoms with Gasteiger partial charge >= 0.3 is 0 Å². The molecule has 0 aromatic heterocycles. The maximum atomic E-state index is 12.7. The fourth-order valence-corrected chi connectivity index (χ4v) is 4.35. The van der Waals surface area contributed by atoms with Crippen LogP contribution in [0.4, 0.5) is 11.4 Å². The van der Waals surface area contributed by atoms with Crippen LogP contribution in [-0.4, -0.2) is 49.5 Å². The number of carbonyl (C=O) groups is 2. The lowest BCUT2D eigenvalue weighted by Crippen LogP contribution is -2.48. The molecule has 0 aliphatic carbocycles. The van der Waals surface area contributed by atoms with E-state index in [4.69, 9.17) is 4.74 Å². The van der Waals surface area contributed by atoms with Crippen molar-refractivity contribution in [2.45, 2.75) is 0 Å². The number of piperazine rings is 1. The van der Waals surface area contributed by atoms with Gasteiger partial charge in [0.05, 0.1) is 0 Å². The van der Waals surface area contributed by atoms with Gasteiger partial charge in [-0.3, -0.25) is 9.59 Å². The number of nitrogens with zero attached hydrogens (tertiary/aromatic N) is 2. The number of nitrogens with one attached hydrogen (secondary N) is 1. The van der Waals surface area contributed by atoms with Gasteiger partial charge in [-0.15, -0.1) is 0 Å². The molecule has 4 aromatic carbocycles. The normalized spacial score (nSPS) is 13.5. The van der Waals surface area contributed by atoms with E-state index in [1.54, 1.807) is 0 Å². The summed E-state index contributed by atoms with van der Waals surface area (Å²) in [5, 5.41) is 4.95. The first-order chi connectivity index (χ1) is 17.2. The van der Waals surface area contributed by atoms with Crippen molar-refractivity contribution >= 4 is 34.0 Å². The molecule has 35 heavy (non-hydrogen) atoms.